The lowest BCUT2D eigenvalue weighted by Crippen LogP contribution is -2.02. The molecule has 0 amide bonds. The lowest BCUT2D eigenvalue weighted by molar-refractivity contribution is 1.15. The van der Waals surface area contributed by atoms with E-state index in [0.717, 1.165) is 40.4 Å². The fraction of sp³-hybridized carbons (Fsp3) is 0.250. The van der Waals surface area contributed by atoms with E-state index in [1.165, 1.54) is 4.88 Å². The van der Waals surface area contributed by atoms with E-state index in [-0.39, 0.29) is 0 Å². The van der Waals surface area contributed by atoms with Gasteiger partial charge >= 0.3 is 0 Å². The highest BCUT2D eigenvalue weighted by Gasteiger charge is 2.11. The van der Waals surface area contributed by atoms with Crippen LogP contribution in [0.4, 0.5) is 5.82 Å². The highest BCUT2D eigenvalue weighted by atomic mass is 35.5. The molecule has 3 nitrogen and oxygen atoms in total. The van der Waals surface area contributed by atoms with Crippen LogP contribution in [0, 0.1) is 0 Å². The molecule has 0 aliphatic heterocycles. The molecule has 0 unspecified atom stereocenters. The summed E-state index contributed by atoms with van der Waals surface area (Å²) in [7, 11) is 0. The quantitative estimate of drug-likeness (QED) is 0.735. The number of benzene rings is 1. The van der Waals surface area contributed by atoms with Crippen LogP contribution in [0.2, 0.25) is 5.02 Å². The summed E-state index contributed by atoms with van der Waals surface area (Å²) in [6.07, 6.45) is 1.03. The highest BCUT2D eigenvalue weighted by molar-refractivity contribution is 7.15. The first kappa shape index (κ1) is 14.3. The summed E-state index contributed by atoms with van der Waals surface area (Å²) in [6, 6.07) is 9.94. The molecule has 0 bridgehead atoms. The van der Waals surface area contributed by atoms with Crippen molar-refractivity contribution in [1.29, 1.82) is 0 Å². The van der Waals surface area contributed by atoms with E-state index in [9.17, 15) is 0 Å². The van der Waals surface area contributed by atoms with Crippen molar-refractivity contribution in [1.82, 2.24) is 9.97 Å². The number of aryl methyl sites for hydroxylation is 1. The number of anilines is 1. The number of halogens is 1. The number of hydrogen-bond donors (Lipinski definition) is 1. The molecule has 0 spiro atoms. The van der Waals surface area contributed by atoms with Gasteiger partial charge in [-0.15, -0.1) is 11.3 Å². The second-order valence-corrected chi connectivity index (χ2v) is 6.31. The van der Waals surface area contributed by atoms with Gasteiger partial charge in [-0.1, -0.05) is 18.5 Å². The van der Waals surface area contributed by atoms with E-state index in [1.54, 1.807) is 11.3 Å². The topological polar surface area (TPSA) is 37.8 Å². The van der Waals surface area contributed by atoms with Gasteiger partial charge in [-0.3, -0.25) is 0 Å². The van der Waals surface area contributed by atoms with E-state index in [4.69, 9.17) is 11.6 Å². The van der Waals surface area contributed by atoms with Gasteiger partial charge in [0, 0.05) is 21.8 Å². The van der Waals surface area contributed by atoms with Crippen molar-refractivity contribution in [3.8, 4) is 10.7 Å². The van der Waals surface area contributed by atoms with E-state index in [1.807, 2.05) is 18.2 Å². The molecule has 3 rings (SSSR count). The fourth-order valence-electron chi connectivity index (χ4n) is 2.20. The third kappa shape index (κ3) is 2.87. The largest absolute Gasteiger partial charge is 0.370 e. The standard InChI is InChI=1S/C16H16ClN3S/c1-3-11-6-8-14(21-11)16-19-13-9-10(17)5-7-12(13)15(20-16)18-4-2/h5-9H,3-4H2,1-2H3,(H,18,19,20). The van der Waals surface area contributed by atoms with Gasteiger partial charge in [-0.2, -0.15) is 0 Å². The lowest BCUT2D eigenvalue weighted by atomic mass is 10.2. The zero-order valence-electron chi connectivity index (χ0n) is 12.0. The van der Waals surface area contributed by atoms with Crippen LogP contribution in [0.3, 0.4) is 0 Å². The molecular weight excluding hydrogens is 302 g/mol. The Morgan fingerprint density at radius 3 is 2.71 bits per heavy atom. The number of thiophene rings is 1. The van der Waals surface area contributed by atoms with Crippen molar-refractivity contribution in [2.75, 3.05) is 11.9 Å². The van der Waals surface area contributed by atoms with Gasteiger partial charge in [-0.25, -0.2) is 9.97 Å². The van der Waals surface area contributed by atoms with Gasteiger partial charge in [0.1, 0.15) is 5.82 Å². The molecule has 0 fully saturated rings. The summed E-state index contributed by atoms with van der Waals surface area (Å²) in [4.78, 5) is 11.8. The number of fused-ring (bicyclic) bond motifs is 1. The second-order valence-electron chi connectivity index (χ2n) is 4.71. The molecule has 2 heterocycles. The monoisotopic (exact) mass is 317 g/mol. The first-order valence-corrected chi connectivity index (χ1v) is 8.21. The third-order valence-corrected chi connectivity index (χ3v) is 4.69. The first-order chi connectivity index (χ1) is 10.2. The zero-order chi connectivity index (χ0) is 14.8. The summed E-state index contributed by atoms with van der Waals surface area (Å²) >= 11 is 7.83. The SMILES string of the molecule is CCNc1nc(-c2ccc(CC)s2)nc2cc(Cl)ccc12. The van der Waals surface area contributed by atoms with Gasteiger partial charge in [0.15, 0.2) is 5.82 Å². The Morgan fingerprint density at radius 2 is 2.00 bits per heavy atom. The minimum absolute atomic E-state index is 0.690. The Bertz CT molecular complexity index is 782. The van der Waals surface area contributed by atoms with Gasteiger partial charge in [-0.05, 0) is 43.7 Å². The van der Waals surface area contributed by atoms with Crippen LogP contribution in [-0.2, 0) is 6.42 Å². The van der Waals surface area contributed by atoms with Gasteiger partial charge in [0.25, 0.3) is 0 Å². The lowest BCUT2D eigenvalue weighted by Gasteiger charge is -2.09. The van der Waals surface area contributed by atoms with Gasteiger partial charge in [0.2, 0.25) is 0 Å². The minimum Gasteiger partial charge on any atom is -0.370 e. The molecule has 2 aromatic heterocycles. The van der Waals surface area contributed by atoms with Crippen LogP contribution < -0.4 is 5.32 Å². The fourth-order valence-corrected chi connectivity index (χ4v) is 3.25. The maximum atomic E-state index is 6.09. The van der Waals surface area contributed by atoms with Gasteiger partial charge in [0.05, 0.1) is 10.4 Å². The van der Waals surface area contributed by atoms with Crippen LogP contribution in [0.1, 0.15) is 18.7 Å². The molecule has 1 aromatic carbocycles. The molecule has 5 heteroatoms. The minimum atomic E-state index is 0.690. The second kappa shape index (κ2) is 6.00. The van der Waals surface area contributed by atoms with Crippen LogP contribution in [-0.4, -0.2) is 16.5 Å². The van der Waals surface area contributed by atoms with Crippen molar-refractivity contribution < 1.29 is 0 Å². The molecule has 0 aliphatic carbocycles. The number of hydrogen-bond acceptors (Lipinski definition) is 4. The third-order valence-electron chi connectivity index (χ3n) is 3.23. The van der Waals surface area contributed by atoms with E-state index < -0.39 is 0 Å². The van der Waals surface area contributed by atoms with Crippen molar-refractivity contribution in [3.63, 3.8) is 0 Å². The molecule has 3 aromatic rings. The molecule has 0 saturated heterocycles. The zero-order valence-corrected chi connectivity index (χ0v) is 13.6. The van der Waals surface area contributed by atoms with Crippen LogP contribution >= 0.6 is 22.9 Å². The van der Waals surface area contributed by atoms with Crippen LogP contribution in [0.25, 0.3) is 21.6 Å². The average Bonchev–Trinajstić information content (AvgIpc) is 2.96. The molecule has 0 radical (unpaired) electrons. The van der Waals surface area contributed by atoms with Crippen molar-refractivity contribution in [2.24, 2.45) is 0 Å². The van der Waals surface area contributed by atoms with E-state index in [2.05, 4.69) is 41.3 Å². The molecule has 1 N–H and O–H groups in total. The predicted molar refractivity (Wildman–Crippen MR) is 91.4 cm³/mol. The summed E-state index contributed by atoms with van der Waals surface area (Å²) in [5, 5.41) is 5.00. The molecule has 0 aliphatic rings. The maximum Gasteiger partial charge on any atom is 0.172 e. The number of nitrogens with one attached hydrogen (secondary N) is 1. The molecule has 0 saturated carbocycles. The summed E-state index contributed by atoms with van der Waals surface area (Å²) in [5.74, 6) is 1.62. The van der Waals surface area contributed by atoms with Crippen molar-refractivity contribution in [3.05, 3.63) is 40.2 Å². The molecule has 0 atom stereocenters. The Kier molecular flexibility index (Phi) is 4.08. The number of rotatable bonds is 4. The van der Waals surface area contributed by atoms with Crippen LogP contribution in [0.5, 0.6) is 0 Å². The summed E-state index contributed by atoms with van der Waals surface area (Å²) in [5.41, 5.74) is 0.870. The molecule has 108 valence electrons. The number of aromatic nitrogens is 2. The van der Waals surface area contributed by atoms with Crippen LogP contribution in [0.15, 0.2) is 30.3 Å². The predicted octanol–water partition coefficient (Wildman–Crippen LogP) is 5.01. The Balaban J connectivity index is 2.18. The Hall–Kier alpha value is -1.65. The Morgan fingerprint density at radius 1 is 1.14 bits per heavy atom. The summed E-state index contributed by atoms with van der Waals surface area (Å²) < 4.78 is 0. The highest BCUT2D eigenvalue weighted by Crippen LogP contribution is 2.30. The van der Waals surface area contributed by atoms with Gasteiger partial charge < -0.3 is 5.32 Å². The average molecular weight is 318 g/mol. The smallest absolute Gasteiger partial charge is 0.172 e. The van der Waals surface area contributed by atoms with E-state index >= 15 is 0 Å². The van der Waals surface area contributed by atoms with Crippen molar-refractivity contribution in [2.45, 2.75) is 20.3 Å². The van der Waals surface area contributed by atoms with E-state index in [0.29, 0.717) is 5.02 Å². The first-order valence-electron chi connectivity index (χ1n) is 7.01. The maximum absolute atomic E-state index is 6.09. The summed E-state index contributed by atoms with van der Waals surface area (Å²) in [6.45, 7) is 5.03. The normalized spacial score (nSPS) is 11.0. The number of nitrogens with zero attached hydrogens (tertiary/aromatic N) is 2. The van der Waals surface area contributed by atoms with Crippen molar-refractivity contribution >= 4 is 39.7 Å². The molecule has 21 heavy (non-hydrogen) atoms. The molecular formula is C16H16ClN3S. The Labute approximate surface area is 133 Å².